The van der Waals surface area contributed by atoms with Crippen LogP contribution in [0.15, 0.2) is 22.7 Å². The molecule has 1 aromatic heterocycles. The fraction of sp³-hybridized carbons (Fsp3) is 0.444. The van der Waals surface area contributed by atoms with Crippen molar-refractivity contribution < 1.29 is 27.4 Å². The lowest BCUT2D eigenvalue weighted by molar-refractivity contribution is -0.384. The highest BCUT2D eigenvalue weighted by Crippen LogP contribution is 2.36. The summed E-state index contributed by atoms with van der Waals surface area (Å²) in [5.41, 5.74) is -0.667. The van der Waals surface area contributed by atoms with E-state index in [1.807, 2.05) is 6.92 Å². The number of nitro groups is 1. The highest BCUT2D eigenvalue weighted by molar-refractivity contribution is 5.96. The smallest absolute Gasteiger partial charge is 0.362 e. The maximum Gasteiger partial charge on any atom is 0.416 e. The zero-order valence-electron chi connectivity index (χ0n) is 15.8. The Bertz CT molecular complexity index is 934. The number of halogens is 3. The average Bonchev–Trinajstić information content (AvgIpc) is 3.07. The summed E-state index contributed by atoms with van der Waals surface area (Å²) in [7, 11) is 0. The summed E-state index contributed by atoms with van der Waals surface area (Å²) in [4.78, 5) is 26.5. The number of nitro benzene ring substituents is 1. The summed E-state index contributed by atoms with van der Waals surface area (Å²) >= 11 is 0. The van der Waals surface area contributed by atoms with Crippen LogP contribution >= 0.6 is 0 Å². The number of benzene rings is 1. The molecular weight excluding hydrogens is 393 g/mol. The van der Waals surface area contributed by atoms with Crippen molar-refractivity contribution in [3.05, 3.63) is 50.9 Å². The van der Waals surface area contributed by atoms with E-state index in [-0.39, 0.29) is 37.8 Å². The lowest BCUT2D eigenvalue weighted by Crippen LogP contribution is -2.49. The predicted molar refractivity (Wildman–Crippen MR) is 96.8 cm³/mol. The molecule has 1 amide bonds. The number of carbonyl (C=O) groups excluding carboxylic acids is 1. The second-order valence-electron chi connectivity index (χ2n) is 6.66. The average molecular weight is 412 g/mol. The molecule has 0 atom stereocenters. The number of anilines is 1. The van der Waals surface area contributed by atoms with Gasteiger partial charge in [0.05, 0.1) is 16.2 Å². The molecule has 1 aromatic carbocycles. The van der Waals surface area contributed by atoms with E-state index in [9.17, 15) is 28.1 Å². The molecule has 0 aliphatic carbocycles. The Kier molecular flexibility index (Phi) is 5.49. The van der Waals surface area contributed by atoms with E-state index >= 15 is 0 Å². The van der Waals surface area contributed by atoms with Gasteiger partial charge in [0, 0.05) is 38.7 Å². The summed E-state index contributed by atoms with van der Waals surface area (Å²) in [6.45, 7) is 4.57. The molecule has 0 N–H and O–H groups in total. The number of aromatic nitrogens is 1. The van der Waals surface area contributed by atoms with E-state index < -0.39 is 22.4 Å². The van der Waals surface area contributed by atoms with Gasteiger partial charge < -0.3 is 14.3 Å². The number of amides is 1. The first-order valence-electron chi connectivity index (χ1n) is 8.98. The number of rotatable bonds is 4. The summed E-state index contributed by atoms with van der Waals surface area (Å²) in [6, 6.07) is 2.48. The molecule has 0 saturated carbocycles. The number of hydrogen-bond acceptors (Lipinski definition) is 6. The fourth-order valence-electron chi connectivity index (χ4n) is 3.35. The second kappa shape index (κ2) is 7.72. The van der Waals surface area contributed by atoms with Crippen LogP contribution in [-0.2, 0) is 12.6 Å². The maximum absolute atomic E-state index is 12.9. The number of carbonyl (C=O) groups is 1. The molecule has 2 aromatic rings. The van der Waals surface area contributed by atoms with Gasteiger partial charge in [0.15, 0.2) is 0 Å². The fourth-order valence-corrected chi connectivity index (χ4v) is 3.35. The van der Waals surface area contributed by atoms with Gasteiger partial charge in [-0.3, -0.25) is 14.9 Å². The summed E-state index contributed by atoms with van der Waals surface area (Å²) in [5.74, 6) is 0.260. The van der Waals surface area contributed by atoms with Gasteiger partial charge in [-0.1, -0.05) is 12.1 Å². The lowest BCUT2D eigenvalue weighted by Gasteiger charge is -2.35. The van der Waals surface area contributed by atoms with Gasteiger partial charge in [-0.2, -0.15) is 13.2 Å². The van der Waals surface area contributed by atoms with Crippen molar-refractivity contribution in [2.45, 2.75) is 26.4 Å². The summed E-state index contributed by atoms with van der Waals surface area (Å²) in [6.07, 6.45) is -4.15. The molecule has 3 rings (SSSR count). The molecule has 1 fully saturated rings. The minimum Gasteiger partial charge on any atom is -0.362 e. The van der Waals surface area contributed by atoms with E-state index in [2.05, 4.69) is 5.16 Å². The predicted octanol–water partition coefficient (Wildman–Crippen LogP) is 3.43. The first kappa shape index (κ1) is 20.6. The van der Waals surface area contributed by atoms with Crippen molar-refractivity contribution in [2.24, 2.45) is 0 Å². The standard InChI is InChI=1S/C18H19F3N4O4/c1-3-15-16(11(2)22-29-15)17(26)24-8-6-23(7-9-24)13-5-4-12(18(19,20)21)10-14(13)25(27)28/h4-5,10H,3,6-9H2,1-2H3. The molecule has 2 heterocycles. The van der Waals surface area contributed by atoms with E-state index in [4.69, 9.17) is 4.52 Å². The van der Waals surface area contributed by atoms with E-state index in [0.717, 1.165) is 12.1 Å². The Labute approximate surface area is 164 Å². The Morgan fingerprint density at radius 3 is 2.48 bits per heavy atom. The van der Waals surface area contributed by atoms with Crippen LogP contribution in [0.25, 0.3) is 0 Å². The van der Waals surface area contributed by atoms with Gasteiger partial charge in [-0.25, -0.2) is 0 Å². The first-order chi connectivity index (χ1) is 13.6. The maximum atomic E-state index is 12.9. The SMILES string of the molecule is CCc1onc(C)c1C(=O)N1CCN(c2ccc(C(F)(F)F)cc2[N+](=O)[O-])CC1. The topological polar surface area (TPSA) is 92.7 Å². The third-order valence-corrected chi connectivity index (χ3v) is 4.88. The molecule has 0 unspecified atom stereocenters. The molecular formula is C18H19F3N4O4. The van der Waals surface area contributed by atoms with Gasteiger partial charge in [-0.15, -0.1) is 0 Å². The quantitative estimate of drug-likeness (QED) is 0.564. The number of aryl methyl sites for hydroxylation is 2. The molecule has 1 aliphatic heterocycles. The number of piperazine rings is 1. The monoisotopic (exact) mass is 412 g/mol. The third-order valence-electron chi connectivity index (χ3n) is 4.88. The highest BCUT2D eigenvalue weighted by Gasteiger charge is 2.35. The van der Waals surface area contributed by atoms with Crippen LogP contribution in [0, 0.1) is 17.0 Å². The molecule has 0 spiro atoms. The zero-order valence-corrected chi connectivity index (χ0v) is 15.8. The van der Waals surface area contributed by atoms with Crippen molar-refractivity contribution in [2.75, 3.05) is 31.1 Å². The number of hydrogen-bond donors (Lipinski definition) is 0. The van der Waals surface area contributed by atoms with Gasteiger partial charge in [0.2, 0.25) is 0 Å². The summed E-state index contributed by atoms with van der Waals surface area (Å²) < 4.78 is 43.8. The van der Waals surface area contributed by atoms with Crippen LogP contribution in [0.5, 0.6) is 0 Å². The third kappa shape index (κ3) is 4.03. The number of nitrogens with zero attached hydrogens (tertiary/aromatic N) is 4. The van der Waals surface area contributed by atoms with E-state index in [1.165, 1.54) is 0 Å². The van der Waals surface area contributed by atoms with Crippen molar-refractivity contribution in [3.8, 4) is 0 Å². The lowest BCUT2D eigenvalue weighted by atomic mass is 10.1. The normalized spacial score (nSPS) is 14.9. The van der Waals surface area contributed by atoms with Crippen LogP contribution in [-0.4, -0.2) is 47.1 Å². The van der Waals surface area contributed by atoms with Crippen molar-refractivity contribution in [3.63, 3.8) is 0 Å². The van der Waals surface area contributed by atoms with Crippen molar-refractivity contribution >= 4 is 17.3 Å². The molecule has 29 heavy (non-hydrogen) atoms. The first-order valence-corrected chi connectivity index (χ1v) is 8.98. The van der Waals surface area contributed by atoms with Gasteiger partial charge in [0.1, 0.15) is 17.0 Å². The Balaban J connectivity index is 1.78. The van der Waals surface area contributed by atoms with Crippen LogP contribution in [0.1, 0.15) is 34.3 Å². The minimum atomic E-state index is -4.66. The van der Waals surface area contributed by atoms with Crippen LogP contribution in [0.4, 0.5) is 24.5 Å². The Morgan fingerprint density at radius 2 is 1.93 bits per heavy atom. The second-order valence-corrected chi connectivity index (χ2v) is 6.66. The largest absolute Gasteiger partial charge is 0.416 e. The van der Waals surface area contributed by atoms with Crippen LogP contribution in [0.2, 0.25) is 0 Å². The van der Waals surface area contributed by atoms with E-state index in [0.29, 0.717) is 29.5 Å². The molecule has 1 saturated heterocycles. The van der Waals surface area contributed by atoms with Gasteiger partial charge in [-0.05, 0) is 19.1 Å². The highest BCUT2D eigenvalue weighted by atomic mass is 19.4. The zero-order chi connectivity index (χ0) is 21.3. The van der Waals surface area contributed by atoms with Gasteiger partial charge >= 0.3 is 6.18 Å². The summed E-state index contributed by atoms with van der Waals surface area (Å²) in [5, 5.41) is 15.1. The molecule has 0 bridgehead atoms. The number of alkyl halides is 3. The molecule has 156 valence electrons. The van der Waals surface area contributed by atoms with Crippen molar-refractivity contribution in [1.82, 2.24) is 10.1 Å². The minimum absolute atomic E-state index is 0.102. The Hall–Kier alpha value is -3.11. The van der Waals surface area contributed by atoms with Crippen molar-refractivity contribution in [1.29, 1.82) is 0 Å². The van der Waals surface area contributed by atoms with Gasteiger partial charge in [0.25, 0.3) is 11.6 Å². The van der Waals surface area contributed by atoms with E-state index in [1.54, 1.807) is 16.7 Å². The molecule has 8 nitrogen and oxygen atoms in total. The van der Waals surface area contributed by atoms with Crippen LogP contribution in [0.3, 0.4) is 0 Å². The Morgan fingerprint density at radius 1 is 1.28 bits per heavy atom. The molecule has 0 radical (unpaired) electrons. The molecule has 11 heteroatoms. The van der Waals surface area contributed by atoms with Crippen LogP contribution < -0.4 is 4.90 Å². The molecule has 1 aliphatic rings.